The molecule has 0 aliphatic heterocycles. The van der Waals surface area contributed by atoms with Gasteiger partial charge in [0.2, 0.25) is 0 Å². The number of aromatic amines is 1. The highest BCUT2D eigenvalue weighted by atomic mass is 32.1. The van der Waals surface area contributed by atoms with Crippen LogP contribution >= 0.6 is 11.3 Å². The number of rotatable bonds is 5. The van der Waals surface area contributed by atoms with Gasteiger partial charge < -0.3 is 15.2 Å². The van der Waals surface area contributed by atoms with Gasteiger partial charge in [-0.3, -0.25) is 9.59 Å². The number of quaternary nitrogens is 1. The molecule has 1 atom stereocenters. The molecule has 1 aliphatic carbocycles. The molecule has 0 saturated carbocycles. The monoisotopic (exact) mass is 377 g/mol. The molecular weight excluding hydrogens is 348 g/mol. The van der Waals surface area contributed by atoms with E-state index in [0.29, 0.717) is 18.9 Å². The quantitative estimate of drug-likeness (QED) is 0.732. The first-order valence-corrected chi connectivity index (χ1v) is 10.3. The lowest BCUT2D eigenvalue weighted by molar-refractivity contribution is -0.904. The van der Waals surface area contributed by atoms with E-state index in [-0.39, 0.29) is 17.0 Å². The van der Waals surface area contributed by atoms with Gasteiger partial charge >= 0.3 is 0 Å². The van der Waals surface area contributed by atoms with Gasteiger partial charge in [0.25, 0.3) is 11.5 Å². The molecule has 0 radical (unpaired) electrons. The smallest absolute Gasteiger partial charge is 0.275 e. The van der Waals surface area contributed by atoms with E-state index < -0.39 is 0 Å². The molecule has 2 heterocycles. The highest BCUT2D eigenvalue weighted by Crippen LogP contribution is 2.33. The fraction of sp³-hybridized carbons (Fsp3) is 0.632. The minimum absolute atomic E-state index is 0.0179. The van der Waals surface area contributed by atoms with Gasteiger partial charge in [-0.2, -0.15) is 0 Å². The third-order valence-electron chi connectivity index (χ3n) is 4.72. The zero-order chi connectivity index (χ0) is 18.9. The third-order valence-corrected chi connectivity index (χ3v) is 5.90. The predicted octanol–water partition coefficient (Wildman–Crippen LogP) is 1.18. The van der Waals surface area contributed by atoms with E-state index >= 15 is 0 Å². The number of nitrogens with one attached hydrogen (secondary N) is 3. The Balaban J connectivity index is 1.79. The van der Waals surface area contributed by atoms with Gasteiger partial charge in [0, 0.05) is 10.4 Å². The number of hydrogen-bond acceptors (Lipinski definition) is 4. The lowest BCUT2D eigenvalue weighted by Gasteiger charge is -2.23. The molecule has 1 aliphatic rings. The fourth-order valence-corrected chi connectivity index (χ4v) is 4.81. The molecule has 6 nitrogen and oxygen atoms in total. The highest BCUT2D eigenvalue weighted by Gasteiger charge is 2.22. The van der Waals surface area contributed by atoms with Crippen molar-refractivity contribution in [3.05, 3.63) is 26.6 Å². The summed E-state index contributed by atoms with van der Waals surface area (Å²) in [6, 6.07) is 0. The SMILES string of the molecule is CC[NH+](CC(=O)NC(C)(C)C)Cc1nc2sc3c(c2c(=O)[nH]1)CCCC3. The fourth-order valence-electron chi connectivity index (χ4n) is 3.53. The Morgan fingerprint density at radius 3 is 2.73 bits per heavy atom. The molecule has 0 spiro atoms. The number of aromatic nitrogens is 2. The van der Waals surface area contributed by atoms with Crippen LogP contribution in [0.5, 0.6) is 0 Å². The number of likely N-dealkylation sites (N-methyl/N-ethyl adjacent to an activating group) is 1. The number of amides is 1. The molecular formula is C19H29N4O2S+. The molecule has 1 unspecified atom stereocenters. The largest absolute Gasteiger partial charge is 0.347 e. The summed E-state index contributed by atoms with van der Waals surface area (Å²) in [7, 11) is 0. The topological polar surface area (TPSA) is 79.3 Å². The van der Waals surface area contributed by atoms with Gasteiger partial charge in [-0.15, -0.1) is 11.3 Å². The number of carbonyl (C=O) groups excluding carboxylic acids is 1. The Morgan fingerprint density at radius 2 is 2.04 bits per heavy atom. The minimum Gasteiger partial charge on any atom is -0.347 e. The van der Waals surface area contributed by atoms with Gasteiger partial charge in [-0.05, 0) is 58.9 Å². The van der Waals surface area contributed by atoms with Crippen molar-refractivity contribution in [1.29, 1.82) is 0 Å². The van der Waals surface area contributed by atoms with Crippen molar-refractivity contribution >= 4 is 27.5 Å². The van der Waals surface area contributed by atoms with Crippen LogP contribution in [0.25, 0.3) is 10.2 Å². The third kappa shape index (κ3) is 4.32. The van der Waals surface area contributed by atoms with E-state index in [0.717, 1.165) is 40.9 Å². The summed E-state index contributed by atoms with van der Waals surface area (Å²) < 4.78 is 0. The molecule has 2 aromatic heterocycles. The Morgan fingerprint density at radius 1 is 1.31 bits per heavy atom. The number of H-pyrrole nitrogens is 1. The summed E-state index contributed by atoms with van der Waals surface area (Å²) in [5.41, 5.74) is 0.942. The molecule has 0 aromatic carbocycles. The maximum Gasteiger partial charge on any atom is 0.275 e. The first-order valence-electron chi connectivity index (χ1n) is 9.45. The summed E-state index contributed by atoms with van der Waals surface area (Å²) >= 11 is 1.66. The molecule has 26 heavy (non-hydrogen) atoms. The lowest BCUT2D eigenvalue weighted by Crippen LogP contribution is -3.11. The van der Waals surface area contributed by atoms with Crippen LogP contribution < -0.4 is 15.8 Å². The summed E-state index contributed by atoms with van der Waals surface area (Å²) in [6.45, 7) is 9.67. The highest BCUT2D eigenvalue weighted by molar-refractivity contribution is 7.18. The van der Waals surface area contributed by atoms with Crippen LogP contribution in [0.3, 0.4) is 0 Å². The molecule has 3 rings (SSSR count). The summed E-state index contributed by atoms with van der Waals surface area (Å²) in [5.74, 6) is 0.686. The van der Waals surface area contributed by atoms with E-state index in [9.17, 15) is 9.59 Å². The summed E-state index contributed by atoms with van der Waals surface area (Å²) in [6.07, 6.45) is 4.39. The van der Waals surface area contributed by atoms with Crippen molar-refractivity contribution < 1.29 is 9.69 Å². The summed E-state index contributed by atoms with van der Waals surface area (Å²) in [5, 5.41) is 3.78. The Labute approximate surface area is 158 Å². The van der Waals surface area contributed by atoms with Crippen molar-refractivity contribution in [2.45, 2.75) is 65.5 Å². The van der Waals surface area contributed by atoms with Gasteiger partial charge in [-0.1, -0.05) is 0 Å². The second-order valence-electron chi connectivity index (χ2n) is 8.16. The van der Waals surface area contributed by atoms with Crippen LogP contribution in [0, 0.1) is 0 Å². The van der Waals surface area contributed by atoms with Crippen molar-refractivity contribution in [2.24, 2.45) is 0 Å². The molecule has 7 heteroatoms. The Bertz CT molecular complexity index is 863. The zero-order valence-corrected chi connectivity index (χ0v) is 16.9. The zero-order valence-electron chi connectivity index (χ0n) is 16.1. The van der Waals surface area contributed by atoms with Crippen molar-refractivity contribution in [3.63, 3.8) is 0 Å². The average Bonchev–Trinajstić information content (AvgIpc) is 2.91. The van der Waals surface area contributed by atoms with E-state index in [4.69, 9.17) is 4.98 Å². The Hall–Kier alpha value is -1.73. The van der Waals surface area contributed by atoms with Gasteiger partial charge in [0.05, 0.1) is 11.9 Å². The normalized spacial score (nSPS) is 15.7. The van der Waals surface area contributed by atoms with E-state index in [1.54, 1.807) is 11.3 Å². The second-order valence-corrected chi connectivity index (χ2v) is 9.24. The average molecular weight is 378 g/mol. The van der Waals surface area contributed by atoms with E-state index in [1.165, 1.54) is 16.9 Å². The molecule has 1 amide bonds. The number of nitrogens with zero attached hydrogens (tertiary/aromatic N) is 1. The van der Waals surface area contributed by atoms with Crippen LogP contribution in [0.15, 0.2) is 4.79 Å². The molecule has 3 N–H and O–H groups in total. The minimum atomic E-state index is -0.239. The molecule has 2 aromatic rings. The predicted molar refractivity (Wildman–Crippen MR) is 105 cm³/mol. The number of fused-ring (bicyclic) bond motifs is 3. The van der Waals surface area contributed by atoms with Crippen LogP contribution in [0.4, 0.5) is 0 Å². The first-order chi connectivity index (χ1) is 12.3. The van der Waals surface area contributed by atoms with Gasteiger partial charge in [0.15, 0.2) is 12.4 Å². The van der Waals surface area contributed by atoms with Crippen molar-refractivity contribution in [2.75, 3.05) is 13.1 Å². The maximum absolute atomic E-state index is 12.6. The first kappa shape index (κ1) is 19.0. The maximum atomic E-state index is 12.6. The Kier molecular flexibility index (Phi) is 5.48. The number of hydrogen-bond donors (Lipinski definition) is 3. The molecule has 142 valence electrons. The second kappa shape index (κ2) is 7.48. The number of aryl methyl sites for hydroxylation is 2. The van der Waals surface area contributed by atoms with E-state index in [1.807, 2.05) is 27.7 Å². The molecule has 0 fully saturated rings. The van der Waals surface area contributed by atoms with E-state index in [2.05, 4.69) is 10.3 Å². The van der Waals surface area contributed by atoms with Crippen LogP contribution in [-0.2, 0) is 24.2 Å². The van der Waals surface area contributed by atoms with Crippen molar-refractivity contribution in [3.8, 4) is 0 Å². The van der Waals surface area contributed by atoms with Gasteiger partial charge in [-0.25, -0.2) is 4.98 Å². The lowest BCUT2D eigenvalue weighted by atomic mass is 9.97. The van der Waals surface area contributed by atoms with Crippen LogP contribution in [0.2, 0.25) is 0 Å². The molecule has 0 bridgehead atoms. The van der Waals surface area contributed by atoms with Gasteiger partial charge in [0.1, 0.15) is 11.4 Å². The van der Waals surface area contributed by atoms with Crippen LogP contribution in [-0.4, -0.2) is 34.5 Å². The number of carbonyl (C=O) groups is 1. The molecule has 0 saturated heterocycles. The standard InChI is InChI=1S/C19H28N4O2S/c1-5-23(11-15(24)22-19(2,3)4)10-14-20-17(25)16-12-8-6-7-9-13(12)26-18(16)21-14/h5-11H2,1-4H3,(H,22,24)(H,20,21,25)/p+1. The number of thiophene rings is 1. The summed E-state index contributed by atoms with van der Waals surface area (Å²) in [4.78, 5) is 35.8. The van der Waals surface area contributed by atoms with Crippen LogP contribution in [0.1, 0.15) is 56.8 Å². The van der Waals surface area contributed by atoms with Crippen molar-refractivity contribution in [1.82, 2.24) is 15.3 Å².